The van der Waals surface area contributed by atoms with Gasteiger partial charge >= 0.3 is 0 Å². The Labute approximate surface area is 191 Å². The average Bonchev–Trinajstić information content (AvgIpc) is 3.02. The van der Waals surface area contributed by atoms with Crippen LogP contribution >= 0.6 is 0 Å². The van der Waals surface area contributed by atoms with E-state index >= 15 is 4.39 Å². The van der Waals surface area contributed by atoms with E-state index in [1.54, 1.807) is 0 Å². The quantitative estimate of drug-likeness (QED) is 0.141. The number of benzene rings is 2. The van der Waals surface area contributed by atoms with E-state index in [4.69, 9.17) is 4.43 Å². The highest BCUT2D eigenvalue weighted by molar-refractivity contribution is 6.75. The molecule has 0 aromatic heterocycles. The zero-order chi connectivity index (χ0) is 24.3. The van der Waals surface area contributed by atoms with Gasteiger partial charge in [0.25, 0.3) is 8.32 Å². The molecule has 0 saturated carbocycles. The lowest BCUT2D eigenvalue weighted by molar-refractivity contribution is 0.323. The first-order valence-corrected chi connectivity index (χ1v) is 13.7. The van der Waals surface area contributed by atoms with Crippen LogP contribution in [-0.2, 0) is 6.04 Å². The maximum absolute atomic E-state index is 15.3. The molecule has 0 amide bonds. The molecule has 2 aromatic rings. The number of alkyl halides is 1. The van der Waals surface area contributed by atoms with E-state index in [1.165, 1.54) is 0 Å². The van der Waals surface area contributed by atoms with Crippen molar-refractivity contribution in [1.82, 2.24) is 0 Å². The maximum atomic E-state index is 15.3. The Hall–Kier alpha value is -2.22. The molecule has 180 valence electrons. The molecule has 1 aliphatic carbocycles. The highest BCUT2D eigenvalue weighted by atomic mass is 28.4. The van der Waals surface area contributed by atoms with E-state index in [-0.39, 0.29) is 5.54 Å². The maximum Gasteiger partial charge on any atom is 0.258 e. The van der Waals surface area contributed by atoms with Crippen molar-refractivity contribution in [1.29, 1.82) is 0 Å². The molecule has 1 nitrogen and oxygen atoms in total. The van der Waals surface area contributed by atoms with E-state index < -0.39 is 60.5 Å². The lowest BCUT2D eigenvalue weighted by atomic mass is 10.1. The van der Waals surface area contributed by atoms with Gasteiger partial charge in [-0.3, -0.25) is 0 Å². The number of hydrogen-bond acceptors (Lipinski definition) is 1. The molecule has 3 rings (SSSR count). The van der Waals surface area contributed by atoms with Gasteiger partial charge in [0.15, 0.2) is 35.2 Å². The Bertz CT molecular complexity index is 1020. The number of rotatable bonds is 10. The van der Waals surface area contributed by atoms with Gasteiger partial charge < -0.3 is 4.43 Å². The summed E-state index contributed by atoms with van der Waals surface area (Å²) in [7, 11) is -3.05. The predicted molar refractivity (Wildman–Crippen MR) is 120 cm³/mol. The normalized spacial score (nSPS) is 17.5. The van der Waals surface area contributed by atoms with Crippen molar-refractivity contribution in [2.24, 2.45) is 0 Å². The molecule has 2 atom stereocenters. The molecule has 1 aliphatic rings. The summed E-state index contributed by atoms with van der Waals surface area (Å²) in [5.74, 6) is -10.1. The fraction of sp³-hybridized carbons (Fsp3) is 0.440. The monoisotopic (exact) mass is 486 g/mol. The van der Waals surface area contributed by atoms with Crippen molar-refractivity contribution < 1.29 is 30.8 Å². The van der Waals surface area contributed by atoms with Crippen LogP contribution in [0.4, 0.5) is 26.3 Å². The molecule has 0 fully saturated rings. The van der Waals surface area contributed by atoms with E-state index in [0.717, 1.165) is 31.2 Å². The molecule has 0 spiro atoms. The topological polar surface area (TPSA) is 9.23 Å². The average molecular weight is 487 g/mol. The molecule has 0 radical (unpaired) electrons. The van der Waals surface area contributed by atoms with Gasteiger partial charge in [-0.05, 0) is 17.1 Å². The molecular formula is C25H28F6OSi. The highest BCUT2D eigenvalue weighted by Crippen LogP contribution is 2.50. The van der Waals surface area contributed by atoms with Crippen LogP contribution in [0.2, 0.25) is 11.6 Å². The summed E-state index contributed by atoms with van der Waals surface area (Å²) in [5, 5.41) is 0. The van der Waals surface area contributed by atoms with Gasteiger partial charge in [-0.2, -0.15) is 4.39 Å². The minimum Gasteiger partial charge on any atom is -0.539 e. The molecule has 0 saturated heterocycles. The van der Waals surface area contributed by atoms with Crippen molar-refractivity contribution in [3.05, 3.63) is 70.3 Å². The minimum atomic E-state index is -3.05. The third-order valence-corrected chi connectivity index (χ3v) is 11.3. The standard InChI is InChI=1S/C25H28F6OSi/c1-4-5-6-10-13-33(15(2)3,14-16-11-8-7-9-12-16)32-25-22(29)18-17(21(28)24(25)31)19(26)23(30)20(18)27/h7-9,11-12,15,19H,4-6,10,13-14H2,1-3H3. The first-order chi connectivity index (χ1) is 15.6. The van der Waals surface area contributed by atoms with Crippen LogP contribution in [0.3, 0.4) is 0 Å². The first-order valence-electron chi connectivity index (χ1n) is 11.3. The highest BCUT2D eigenvalue weighted by Gasteiger charge is 2.46. The van der Waals surface area contributed by atoms with Crippen molar-refractivity contribution in [3.8, 4) is 5.75 Å². The summed E-state index contributed by atoms with van der Waals surface area (Å²) in [6.07, 6.45) is 0.736. The van der Waals surface area contributed by atoms with Crippen LogP contribution in [0.1, 0.15) is 69.3 Å². The molecule has 0 aliphatic heterocycles. The second kappa shape index (κ2) is 10.4. The Morgan fingerprint density at radius 2 is 1.58 bits per heavy atom. The van der Waals surface area contributed by atoms with Gasteiger partial charge in [0, 0.05) is 11.6 Å². The fourth-order valence-electron chi connectivity index (χ4n) is 4.34. The summed E-state index contributed by atoms with van der Waals surface area (Å²) in [6.45, 7) is 5.82. The number of hydrogen-bond donors (Lipinski definition) is 0. The Morgan fingerprint density at radius 1 is 0.909 bits per heavy atom. The SMILES string of the molecule is CCCCCC[Si](Cc1ccccc1)(Oc1c(F)c(F)c2c(c1F)C(F)=C(F)C2F)C(C)C. The lowest BCUT2D eigenvalue weighted by Gasteiger charge is -2.36. The molecule has 2 unspecified atom stereocenters. The van der Waals surface area contributed by atoms with Crippen LogP contribution in [0.15, 0.2) is 36.2 Å². The van der Waals surface area contributed by atoms with Gasteiger partial charge in [0.05, 0.1) is 5.56 Å². The number of unbranched alkanes of at least 4 members (excludes halogenated alkanes) is 3. The summed E-state index contributed by atoms with van der Waals surface area (Å²) in [5.41, 5.74) is -1.77. The molecule has 0 N–H and O–H groups in total. The van der Waals surface area contributed by atoms with Crippen molar-refractivity contribution in [3.63, 3.8) is 0 Å². The van der Waals surface area contributed by atoms with E-state index in [1.807, 2.05) is 44.2 Å². The van der Waals surface area contributed by atoms with Crippen molar-refractivity contribution in [2.45, 2.75) is 70.3 Å². The van der Waals surface area contributed by atoms with Gasteiger partial charge in [0.1, 0.15) is 0 Å². The van der Waals surface area contributed by atoms with Crippen LogP contribution in [0.25, 0.3) is 5.83 Å². The van der Waals surface area contributed by atoms with Gasteiger partial charge in [-0.1, -0.05) is 76.8 Å². The Kier molecular flexibility index (Phi) is 7.98. The Morgan fingerprint density at radius 3 is 2.18 bits per heavy atom. The molecule has 2 aromatic carbocycles. The third-order valence-electron chi connectivity index (χ3n) is 6.38. The third kappa shape index (κ3) is 4.86. The smallest absolute Gasteiger partial charge is 0.258 e. The van der Waals surface area contributed by atoms with Gasteiger partial charge in [0.2, 0.25) is 5.82 Å². The molecule has 0 bridgehead atoms. The summed E-state index contributed by atoms with van der Waals surface area (Å²) in [4.78, 5) is 0. The first kappa shape index (κ1) is 25.4. The van der Waals surface area contributed by atoms with E-state index in [0.29, 0.717) is 12.1 Å². The largest absolute Gasteiger partial charge is 0.539 e. The second-order valence-corrected chi connectivity index (χ2v) is 13.2. The summed E-state index contributed by atoms with van der Waals surface area (Å²) in [6, 6.07) is 10.2. The zero-order valence-electron chi connectivity index (χ0n) is 19.0. The van der Waals surface area contributed by atoms with Crippen LogP contribution in [-0.4, -0.2) is 8.32 Å². The van der Waals surface area contributed by atoms with Crippen LogP contribution in [0, 0.1) is 17.5 Å². The van der Waals surface area contributed by atoms with Crippen LogP contribution in [0.5, 0.6) is 5.75 Å². The van der Waals surface area contributed by atoms with Gasteiger partial charge in [-0.25, -0.2) is 22.0 Å². The van der Waals surface area contributed by atoms with Crippen molar-refractivity contribution in [2.75, 3.05) is 0 Å². The number of allylic oxidation sites excluding steroid dienone is 1. The van der Waals surface area contributed by atoms with Crippen LogP contribution < -0.4 is 4.43 Å². The fourth-order valence-corrected chi connectivity index (χ4v) is 8.27. The zero-order valence-corrected chi connectivity index (χ0v) is 20.0. The minimum absolute atomic E-state index is 0.138. The molecule has 0 heterocycles. The predicted octanol–water partition coefficient (Wildman–Crippen LogP) is 8.83. The van der Waals surface area contributed by atoms with Crippen molar-refractivity contribution >= 4 is 14.1 Å². The summed E-state index contributed by atoms with van der Waals surface area (Å²) >= 11 is 0. The molecule has 33 heavy (non-hydrogen) atoms. The number of fused-ring (bicyclic) bond motifs is 1. The summed E-state index contributed by atoms with van der Waals surface area (Å²) < 4.78 is 93.0. The van der Waals surface area contributed by atoms with E-state index in [2.05, 4.69) is 6.92 Å². The van der Waals surface area contributed by atoms with E-state index in [9.17, 15) is 22.0 Å². The lowest BCUT2D eigenvalue weighted by Crippen LogP contribution is -2.48. The van der Waals surface area contributed by atoms with Gasteiger partial charge in [-0.15, -0.1) is 0 Å². The second-order valence-electron chi connectivity index (χ2n) is 8.88. The molecule has 8 heteroatoms. The number of halogens is 6. The Balaban J connectivity index is 2.10. The molecular weight excluding hydrogens is 458 g/mol.